The molecule has 0 bridgehead atoms. The molecule has 2 radical (unpaired) electrons. The van der Waals surface area contributed by atoms with Gasteiger partial charge in [0.25, 0.3) is 0 Å². The SMILES string of the molecule is [B][C@@H]1O[C@H](OCP(C)(C)=O)C(OC(=O)c2ccccc2)[C@@H]1OC(=O)c1ccccc1. The van der Waals surface area contributed by atoms with Crippen LogP contribution in [-0.2, 0) is 23.5 Å². The van der Waals surface area contributed by atoms with Crippen LogP contribution >= 0.6 is 7.14 Å². The van der Waals surface area contributed by atoms with Gasteiger partial charge in [0.15, 0.2) is 18.5 Å². The third kappa shape index (κ3) is 5.82. The zero-order chi connectivity index (χ0) is 21.7. The first-order chi connectivity index (χ1) is 14.2. The Kier molecular flexibility index (Phi) is 7.13. The van der Waals surface area contributed by atoms with Gasteiger partial charge in [-0.1, -0.05) is 36.4 Å². The van der Waals surface area contributed by atoms with E-state index in [2.05, 4.69) is 0 Å². The van der Waals surface area contributed by atoms with Crippen LogP contribution in [0.3, 0.4) is 0 Å². The molecule has 7 nitrogen and oxygen atoms in total. The molecule has 0 aliphatic carbocycles. The van der Waals surface area contributed by atoms with Crippen molar-refractivity contribution in [2.24, 2.45) is 0 Å². The van der Waals surface area contributed by atoms with Crippen molar-refractivity contribution in [1.29, 1.82) is 0 Å². The van der Waals surface area contributed by atoms with Crippen molar-refractivity contribution >= 4 is 26.9 Å². The number of ether oxygens (including phenoxy) is 4. The highest BCUT2D eigenvalue weighted by atomic mass is 31.2. The molecule has 1 saturated heterocycles. The Morgan fingerprint density at radius 3 is 1.83 bits per heavy atom. The molecule has 0 spiro atoms. The number of rotatable bonds is 7. The highest BCUT2D eigenvalue weighted by molar-refractivity contribution is 7.62. The number of benzene rings is 2. The van der Waals surface area contributed by atoms with E-state index in [0.717, 1.165) is 0 Å². The van der Waals surface area contributed by atoms with Crippen molar-refractivity contribution in [3.63, 3.8) is 0 Å². The standard InChI is InChI=1S/C21H22BO7P/c1-30(2,25)13-26-21-17(28-20(24)15-11-7-4-8-12-15)16(18(22)29-21)27-19(23)14-9-5-3-6-10-14/h3-12,16-18,21H,13H2,1-2H3/t16-,17?,18+,21-/m0/s1. The second kappa shape index (κ2) is 9.60. The molecule has 1 aliphatic heterocycles. The van der Waals surface area contributed by atoms with E-state index in [1.807, 2.05) is 0 Å². The van der Waals surface area contributed by atoms with Crippen LogP contribution in [0.4, 0.5) is 0 Å². The van der Waals surface area contributed by atoms with Gasteiger partial charge < -0.3 is 23.5 Å². The van der Waals surface area contributed by atoms with Gasteiger partial charge in [0, 0.05) is 0 Å². The Morgan fingerprint density at radius 1 is 0.900 bits per heavy atom. The average Bonchev–Trinajstić information content (AvgIpc) is 3.01. The minimum absolute atomic E-state index is 0.108. The van der Waals surface area contributed by atoms with Gasteiger partial charge in [-0.2, -0.15) is 0 Å². The average molecular weight is 428 g/mol. The summed E-state index contributed by atoms with van der Waals surface area (Å²) in [6.45, 7) is 3.11. The van der Waals surface area contributed by atoms with Crippen molar-refractivity contribution in [1.82, 2.24) is 0 Å². The number of esters is 2. The summed E-state index contributed by atoms with van der Waals surface area (Å²) in [6, 6.07) is 15.6. The van der Waals surface area contributed by atoms with E-state index in [9.17, 15) is 14.2 Å². The molecule has 0 saturated carbocycles. The van der Waals surface area contributed by atoms with Crippen molar-refractivity contribution in [3.8, 4) is 0 Å². The van der Waals surface area contributed by atoms with Crippen LogP contribution < -0.4 is 0 Å². The lowest BCUT2D eigenvalue weighted by molar-refractivity contribution is -0.147. The first kappa shape index (κ1) is 22.3. The smallest absolute Gasteiger partial charge is 0.338 e. The maximum Gasteiger partial charge on any atom is 0.338 e. The van der Waals surface area contributed by atoms with Crippen molar-refractivity contribution in [2.45, 2.75) is 24.5 Å². The van der Waals surface area contributed by atoms with E-state index < -0.39 is 43.6 Å². The van der Waals surface area contributed by atoms with Crippen molar-refractivity contribution in [2.75, 3.05) is 19.7 Å². The van der Waals surface area contributed by atoms with Crippen LogP contribution in [0.2, 0.25) is 0 Å². The molecule has 3 rings (SSSR count). The van der Waals surface area contributed by atoms with Gasteiger partial charge in [0.2, 0.25) is 0 Å². The monoisotopic (exact) mass is 428 g/mol. The van der Waals surface area contributed by atoms with Gasteiger partial charge >= 0.3 is 11.9 Å². The molecule has 9 heteroatoms. The van der Waals surface area contributed by atoms with Gasteiger partial charge in [-0.3, -0.25) is 0 Å². The number of carbonyl (C=O) groups excluding carboxylic acids is 2. The molecular weight excluding hydrogens is 406 g/mol. The molecule has 156 valence electrons. The van der Waals surface area contributed by atoms with Gasteiger partial charge in [-0.05, 0) is 37.6 Å². The van der Waals surface area contributed by atoms with Crippen LogP contribution in [0, 0.1) is 0 Å². The molecule has 30 heavy (non-hydrogen) atoms. The molecule has 0 amide bonds. The Balaban J connectivity index is 1.79. The number of carbonyl (C=O) groups is 2. The predicted octanol–water partition coefficient (Wildman–Crippen LogP) is 2.89. The molecule has 2 aromatic carbocycles. The molecule has 2 aromatic rings. The maximum absolute atomic E-state index is 12.6. The van der Waals surface area contributed by atoms with Crippen molar-refractivity contribution in [3.05, 3.63) is 71.8 Å². The summed E-state index contributed by atoms with van der Waals surface area (Å²) in [5, 5.41) is 0. The fourth-order valence-corrected chi connectivity index (χ4v) is 3.33. The molecule has 0 N–H and O–H groups in total. The summed E-state index contributed by atoms with van der Waals surface area (Å²) in [5.41, 5.74) is 0.621. The molecular formula is C21H22BO7P. The molecule has 4 atom stereocenters. The van der Waals surface area contributed by atoms with Crippen LogP contribution in [0.15, 0.2) is 60.7 Å². The normalized spacial score (nSPS) is 23.7. The molecule has 1 fully saturated rings. The first-order valence-electron chi connectivity index (χ1n) is 9.33. The van der Waals surface area contributed by atoms with E-state index in [4.69, 9.17) is 26.8 Å². The Bertz CT molecular complexity index is 915. The van der Waals surface area contributed by atoms with Crippen LogP contribution in [0.25, 0.3) is 0 Å². The summed E-state index contributed by atoms with van der Waals surface area (Å²) >= 11 is 0. The van der Waals surface area contributed by atoms with E-state index in [0.29, 0.717) is 11.1 Å². The third-order valence-electron chi connectivity index (χ3n) is 4.26. The van der Waals surface area contributed by atoms with Crippen LogP contribution in [0.1, 0.15) is 20.7 Å². The molecule has 1 heterocycles. The lowest BCUT2D eigenvalue weighted by atomic mass is 9.93. The van der Waals surface area contributed by atoms with Gasteiger partial charge in [0.1, 0.15) is 21.3 Å². The van der Waals surface area contributed by atoms with E-state index in [1.165, 1.54) is 0 Å². The minimum Gasteiger partial charge on any atom is -0.453 e. The summed E-state index contributed by atoms with van der Waals surface area (Å²) in [5.74, 6) is -1.29. The zero-order valence-electron chi connectivity index (χ0n) is 16.7. The van der Waals surface area contributed by atoms with Gasteiger partial charge in [-0.15, -0.1) is 0 Å². The lowest BCUT2D eigenvalue weighted by Gasteiger charge is -2.24. The fourth-order valence-electron chi connectivity index (χ4n) is 2.83. The quantitative estimate of drug-likeness (QED) is 0.381. The predicted molar refractivity (Wildman–Crippen MR) is 111 cm³/mol. The van der Waals surface area contributed by atoms with E-state index >= 15 is 0 Å². The Labute approximate surface area is 176 Å². The zero-order valence-corrected chi connectivity index (χ0v) is 17.6. The summed E-state index contributed by atoms with van der Waals surface area (Å²) < 4.78 is 34.2. The van der Waals surface area contributed by atoms with Gasteiger partial charge in [0.05, 0.1) is 17.1 Å². The second-order valence-corrected chi connectivity index (χ2v) is 10.7. The van der Waals surface area contributed by atoms with E-state index in [-0.39, 0.29) is 6.35 Å². The summed E-state index contributed by atoms with van der Waals surface area (Å²) in [6.07, 6.45) is -3.48. The summed E-state index contributed by atoms with van der Waals surface area (Å²) in [7, 11) is 3.46. The largest absolute Gasteiger partial charge is 0.453 e. The molecule has 1 aliphatic rings. The van der Waals surface area contributed by atoms with E-state index in [1.54, 1.807) is 74.0 Å². The fraction of sp³-hybridized carbons (Fsp3) is 0.333. The van der Waals surface area contributed by atoms with Crippen LogP contribution in [-0.4, -0.2) is 64.0 Å². The molecule has 1 unspecified atom stereocenters. The Hall–Kier alpha value is -2.41. The first-order valence-corrected chi connectivity index (χ1v) is 12.1. The minimum atomic E-state index is -2.54. The number of hydrogen-bond acceptors (Lipinski definition) is 7. The van der Waals surface area contributed by atoms with Gasteiger partial charge in [-0.25, -0.2) is 9.59 Å². The highest BCUT2D eigenvalue weighted by Crippen LogP contribution is 2.38. The maximum atomic E-state index is 12.6. The van der Waals surface area contributed by atoms with Crippen molar-refractivity contribution < 1.29 is 33.1 Å². The third-order valence-corrected chi connectivity index (χ3v) is 5.03. The second-order valence-electron chi connectivity index (χ2n) is 7.31. The lowest BCUT2D eigenvalue weighted by Crippen LogP contribution is -2.41. The Morgan fingerprint density at radius 2 is 1.37 bits per heavy atom. The summed E-state index contributed by atoms with van der Waals surface area (Å²) in [4.78, 5) is 25.1. The highest BCUT2D eigenvalue weighted by Gasteiger charge is 2.48. The topological polar surface area (TPSA) is 88.1 Å². The molecule has 0 aromatic heterocycles. The van der Waals surface area contributed by atoms with Crippen LogP contribution in [0.5, 0.6) is 0 Å². The number of hydrogen-bond donors (Lipinski definition) is 0.